The summed E-state index contributed by atoms with van der Waals surface area (Å²) in [5.74, 6) is 0. The molecule has 7 heavy (non-hydrogen) atoms. The zero-order valence-electron chi connectivity index (χ0n) is 3.01. The average molecular weight is 298 g/mol. The van der Waals surface area contributed by atoms with Crippen molar-refractivity contribution in [3.05, 3.63) is 0 Å². The topological polar surface area (TPSA) is 94.8 Å². The Hall–Kier alpha value is 0.598. The van der Waals surface area contributed by atoms with Crippen molar-refractivity contribution in [3.63, 3.8) is 0 Å². The molecule has 0 bridgehead atoms. The molecule has 0 aliphatic carbocycles. The van der Waals surface area contributed by atoms with Crippen LogP contribution in [0, 0.1) is 0 Å². The summed E-state index contributed by atoms with van der Waals surface area (Å²) >= 11 is 0.333. The first kappa shape index (κ1) is 10.6. The molecular weight excluding hydrogens is 295 g/mol. The third-order valence-electron chi connectivity index (χ3n) is 0. The Morgan fingerprint density at radius 3 is 1.14 bits per heavy atom. The van der Waals surface area contributed by atoms with E-state index < -0.39 is 7.82 Å². The summed E-state index contributed by atoms with van der Waals surface area (Å²) in [6.45, 7) is 0. The minimum absolute atomic E-state index is 0.333. The van der Waals surface area contributed by atoms with Crippen molar-refractivity contribution in [1.82, 2.24) is 0 Å². The van der Waals surface area contributed by atoms with E-state index >= 15 is 0 Å². The summed E-state index contributed by atoms with van der Waals surface area (Å²) in [7, 11) is -4.64. The normalized spacial score (nSPS) is 9.00. The van der Waals surface area contributed by atoms with Gasteiger partial charge in [-0.25, -0.2) is 4.57 Å². The molecule has 0 aromatic carbocycles. The third kappa shape index (κ3) is 390. The zero-order valence-corrected chi connectivity index (χ0v) is 6.84. The molecule has 0 spiro atoms. The van der Waals surface area contributed by atoms with E-state index in [1.165, 1.54) is 0 Å². The van der Waals surface area contributed by atoms with Crippen LogP contribution in [0.15, 0.2) is 0 Å². The summed E-state index contributed by atoms with van der Waals surface area (Å²) in [6, 6.07) is 0. The number of hydrogen-bond acceptors (Lipinski definition) is 2. The fourth-order valence-corrected chi connectivity index (χ4v) is 0. The number of phosphoric acid groups is 1. The monoisotopic (exact) mass is 298 g/mol. The Morgan fingerprint density at radius 2 is 1.14 bits per heavy atom. The summed E-state index contributed by atoms with van der Waals surface area (Å²) in [5.41, 5.74) is 0. The fourth-order valence-electron chi connectivity index (χ4n) is 0. The van der Waals surface area contributed by atoms with Crippen LogP contribution in [0.1, 0.15) is 0 Å². The van der Waals surface area contributed by atoms with Crippen LogP contribution in [0.2, 0.25) is 0 Å². The van der Waals surface area contributed by atoms with Gasteiger partial charge in [0, 0.05) is 0 Å². The molecule has 0 fully saturated rings. The first-order valence-corrected chi connectivity index (χ1v) is 3.71. The van der Waals surface area contributed by atoms with Crippen molar-refractivity contribution in [2.75, 3.05) is 0 Å². The third-order valence-corrected chi connectivity index (χ3v) is 0. The molecule has 0 heterocycles. The predicted octanol–water partition coefficient (Wildman–Crippen LogP) is -1.05. The van der Waals surface area contributed by atoms with Crippen LogP contribution in [-0.4, -0.2) is 14.7 Å². The van der Waals surface area contributed by atoms with Crippen molar-refractivity contribution in [2.45, 2.75) is 0 Å². The molecule has 0 rings (SSSR count). The Morgan fingerprint density at radius 1 is 1.14 bits per heavy atom. The molecule has 0 aromatic rings. The quantitative estimate of drug-likeness (QED) is 0.496. The van der Waals surface area contributed by atoms with E-state index in [-0.39, 0.29) is 0 Å². The van der Waals surface area contributed by atoms with Crippen LogP contribution >= 0.6 is 7.82 Å². The van der Waals surface area contributed by atoms with Crippen LogP contribution in [0.5, 0.6) is 0 Å². The van der Waals surface area contributed by atoms with E-state index in [2.05, 4.69) is 0 Å². The van der Waals surface area contributed by atoms with Crippen LogP contribution in [0.3, 0.4) is 0 Å². The molecule has 0 aliphatic rings. The van der Waals surface area contributed by atoms with Crippen LogP contribution in [0.4, 0.5) is 0 Å². The van der Waals surface area contributed by atoms with E-state index in [1.54, 1.807) is 0 Å². The van der Waals surface area contributed by atoms with Gasteiger partial charge in [0.15, 0.2) is 0 Å². The molecule has 0 aliphatic heterocycles. The van der Waals surface area contributed by atoms with E-state index in [0.717, 1.165) is 0 Å². The van der Waals surface area contributed by atoms with Gasteiger partial charge >= 0.3 is 31.0 Å². The van der Waals surface area contributed by atoms with Gasteiger partial charge in [-0.15, -0.1) is 0 Å². The molecule has 3 N–H and O–H groups in total. The molecule has 7 heteroatoms. The molecule has 0 saturated heterocycles. The Labute approximate surface area is 50.8 Å². The first-order valence-electron chi connectivity index (χ1n) is 0.949. The van der Waals surface area contributed by atoms with Gasteiger partial charge in [0.1, 0.15) is 0 Å². The standard InChI is InChI=1S/H3O4P.O.W/c1-5(2,3)4;;/h(H3,1,2,3,4);;. The van der Waals surface area contributed by atoms with E-state index in [9.17, 15) is 0 Å². The molecule has 0 radical (unpaired) electrons. The second-order valence-electron chi connectivity index (χ2n) is 0.513. The van der Waals surface area contributed by atoms with Crippen LogP contribution in [-0.2, 0) is 27.7 Å². The van der Waals surface area contributed by atoms with E-state index in [1.807, 2.05) is 0 Å². The van der Waals surface area contributed by atoms with Crippen molar-refractivity contribution in [1.29, 1.82) is 0 Å². The van der Waals surface area contributed by atoms with Gasteiger partial charge in [0.2, 0.25) is 0 Å². The zero-order chi connectivity index (χ0) is 6.50. The summed E-state index contributed by atoms with van der Waals surface area (Å²) in [4.78, 5) is 21.6. The molecule has 0 amide bonds. The molecule has 0 atom stereocenters. The first-order chi connectivity index (χ1) is 3.00. The average Bonchev–Trinajstić information content (AvgIpc) is 1.36. The van der Waals surface area contributed by atoms with Gasteiger partial charge in [0.05, 0.1) is 0 Å². The number of rotatable bonds is 0. The maximum absolute atomic E-state index is 8.88. The fraction of sp³-hybridized carbons (Fsp3) is 0. The molecular formula is H3O5PW. The minimum atomic E-state index is -4.64. The Balaban J connectivity index is 0. The summed E-state index contributed by atoms with van der Waals surface area (Å²) < 4.78 is 17.2. The Kier molecular flexibility index (Phi) is 7.16. The van der Waals surface area contributed by atoms with Gasteiger partial charge < -0.3 is 14.7 Å². The second-order valence-corrected chi connectivity index (χ2v) is 1.54. The van der Waals surface area contributed by atoms with Gasteiger partial charge in [-0.2, -0.15) is 0 Å². The van der Waals surface area contributed by atoms with Crippen LogP contribution in [0.25, 0.3) is 0 Å². The van der Waals surface area contributed by atoms with Crippen molar-refractivity contribution in [3.8, 4) is 0 Å². The molecule has 0 aromatic heterocycles. The molecule has 0 saturated carbocycles. The maximum atomic E-state index is 8.88. The van der Waals surface area contributed by atoms with Gasteiger partial charge in [0.25, 0.3) is 0 Å². The van der Waals surface area contributed by atoms with Gasteiger partial charge in [-0.05, 0) is 0 Å². The second kappa shape index (κ2) is 4.75. The predicted molar refractivity (Wildman–Crippen MR) is 14.9 cm³/mol. The van der Waals surface area contributed by atoms with Crippen molar-refractivity contribution < 1.29 is 42.4 Å². The van der Waals surface area contributed by atoms with Crippen LogP contribution < -0.4 is 0 Å². The molecule has 44 valence electrons. The van der Waals surface area contributed by atoms with Gasteiger partial charge in [-0.1, -0.05) is 0 Å². The van der Waals surface area contributed by atoms with E-state index in [0.29, 0.717) is 19.8 Å². The Bertz CT molecular complexity index is 63.9. The summed E-state index contributed by atoms with van der Waals surface area (Å²) in [6.07, 6.45) is 0. The van der Waals surface area contributed by atoms with Gasteiger partial charge in [-0.3, -0.25) is 0 Å². The molecule has 0 unspecified atom stereocenters. The van der Waals surface area contributed by atoms with Crippen molar-refractivity contribution in [2.24, 2.45) is 0 Å². The van der Waals surface area contributed by atoms with E-state index in [4.69, 9.17) is 22.6 Å². The number of hydrogen-bond donors (Lipinski definition) is 3. The molecule has 5 nitrogen and oxygen atoms in total. The summed E-state index contributed by atoms with van der Waals surface area (Å²) in [5, 5.41) is 0. The van der Waals surface area contributed by atoms with Crippen molar-refractivity contribution >= 4 is 7.82 Å². The SMILES string of the molecule is O=P(O)(O)O.[O]=[W].